The minimum atomic E-state index is -3.64. The summed E-state index contributed by atoms with van der Waals surface area (Å²) in [7, 11) is -2.17. The largest absolute Gasteiger partial charge is 0.444 e. The van der Waals surface area contributed by atoms with Crippen LogP contribution in [-0.4, -0.2) is 91.1 Å². The van der Waals surface area contributed by atoms with Gasteiger partial charge in [-0.2, -0.15) is 0 Å². The number of fused-ring (bicyclic) bond motifs is 1. The Labute approximate surface area is 212 Å². The molecule has 2 fully saturated rings. The van der Waals surface area contributed by atoms with Gasteiger partial charge < -0.3 is 24.0 Å². The van der Waals surface area contributed by atoms with E-state index in [2.05, 4.69) is 0 Å². The summed E-state index contributed by atoms with van der Waals surface area (Å²) in [5.74, 6) is -0.353. The van der Waals surface area contributed by atoms with E-state index in [0.29, 0.717) is 12.1 Å². The molecule has 1 aliphatic carbocycles. The number of aromatic nitrogens is 1. The van der Waals surface area contributed by atoms with Crippen LogP contribution in [0.3, 0.4) is 0 Å². The van der Waals surface area contributed by atoms with Crippen molar-refractivity contribution < 1.29 is 32.2 Å². The van der Waals surface area contributed by atoms with E-state index in [0.717, 1.165) is 23.8 Å². The Hall–Kier alpha value is -2.63. The molecule has 2 heterocycles. The SMILES string of the molecule is COCCS(=O)(=O)n1cc(CN(C(=O)C2CN(C(=O)OC(C)(C)C)CCO2)C2CC2)c2ccccc21. The molecule has 2 aromatic rings. The highest BCUT2D eigenvalue weighted by atomic mass is 32.2. The highest BCUT2D eigenvalue weighted by Crippen LogP contribution is 2.32. The minimum Gasteiger partial charge on any atom is -0.444 e. The molecule has 0 bridgehead atoms. The lowest BCUT2D eigenvalue weighted by Crippen LogP contribution is -2.53. The van der Waals surface area contributed by atoms with Crippen LogP contribution in [0.5, 0.6) is 0 Å². The smallest absolute Gasteiger partial charge is 0.410 e. The third kappa shape index (κ3) is 6.01. The second kappa shape index (κ2) is 10.4. The summed E-state index contributed by atoms with van der Waals surface area (Å²) < 4.78 is 43.4. The molecule has 0 radical (unpaired) electrons. The van der Waals surface area contributed by atoms with Gasteiger partial charge in [-0.1, -0.05) is 18.2 Å². The van der Waals surface area contributed by atoms with Gasteiger partial charge in [-0.3, -0.25) is 4.79 Å². The van der Waals surface area contributed by atoms with Crippen molar-refractivity contribution in [2.75, 3.05) is 39.2 Å². The first-order chi connectivity index (χ1) is 17.0. The number of benzene rings is 1. The monoisotopic (exact) mass is 521 g/mol. The molecule has 0 N–H and O–H groups in total. The van der Waals surface area contributed by atoms with Crippen molar-refractivity contribution in [1.82, 2.24) is 13.8 Å². The molecule has 2 aliphatic rings. The summed E-state index contributed by atoms with van der Waals surface area (Å²) in [6.07, 6.45) is 2.09. The van der Waals surface area contributed by atoms with Crippen molar-refractivity contribution in [2.24, 2.45) is 0 Å². The van der Waals surface area contributed by atoms with E-state index >= 15 is 0 Å². The van der Waals surface area contributed by atoms with Crippen molar-refractivity contribution >= 4 is 32.9 Å². The number of carbonyl (C=O) groups excluding carboxylic acids is 2. The molecule has 4 rings (SSSR count). The first-order valence-corrected chi connectivity index (χ1v) is 13.8. The molecule has 36 heavy (non-hydrogen) atoms. The van der Waals surface area contributed by atoms with Crippen LogP contribution in [0.15, 0.2) is 30.5 Å². The van der Waals surface area contributed by atoms with Gasteiger partial charge in [0.25, 0.3) is 5.91 Å². The van der Waals surface area contributed by atoms with Gasteiger partial charge in [0.2, 0.25) is 10.0 Å². The second-order valence-electron chi connectivity index (χ2n) is 10.3. The molecule has 0 spiro atoms. The van der Waals surface area contributed by atoms with Gasteiger partial charge in [-0.15, -0.1) is 0 Å². The molecule has 1 unspecified atom stereocenters. The van der Waals surface area contributed by atoms with Gasteiger partial charge in [0.1, 0.15) is 5.60 Å². The number of methoxy groups -OCH3 is 1. The minimum absolute atomic E-state index is 0.0604. The molecule has 198 valence electrons. The number of ether oxygens (including phenoxy) is 3. The summed E-state index contributed by atoms with van der Waals surface area (Å²) >= 11 is 0. The average molecular weight is 522 g/mol. The Morgan fingerprint density at radius 1 is 1.19 bits per heavy atom. The number of hydrogen-bond acceptors (Lipinski definition) is 7. The van der Waals surface area contributed by atoms with Crippen LogP contribution in [-0.2, 0) is 35.6 Å². The van der Waals surface area contributed by atoms with Crippen molar-refractivity contribution in [3.8, 4) is 0 Å². The third-order valence-corrected chi connectivity index (χ3v) is 7.79. The molecule has 1 saturated carbocycles. The lowest BCUT2D eigenvalue weighted by molar-refractivity contribution is -0.150. The van der Waals surface area contributed by atoms with Crippen LogP contribution in [0, 0.1) is 0 Å². The highest BCUT2D eigenvalue weighted by Gasteiger charge is 2.40. The maximum Gasteiger partial charge on any atom is 0.410 e. The van der Waals surface area contributed by atoms with Gasteiger partial charge in [-0.05, 0) is 45.2 Å². The zero-order valence-corrected chi connectivity index (χ0v) is 22.1. The van der Waals surface area contributed by atoms with Crippen LogP contribution in [0.2, 0.25) is 0 Å². The number of carbonyl (C=O) groups is 2. The van der Waals surface area contributed by atoms with Crippen LogP contribution >= 0.6 is 0 Å². The first-order valence-electron chi connectivity index (χ1n) is 12.2. The molecule has 1 atom stereocenters. The molecule has 1 aromatic carbocycles. The first kappa shape index (κ1) is 26.4. The second-order valence-corrected chi connectivity index (χ2v) is 12.2. The predicted molar refractivity (Wildman–Crippen MR) is 134 cm³/mol. The van der Waals surface area contributed by atoms with E-state index in [1.54, 1.807) is 44.0 Å². The molecule has 1 aliphatic heterocycles. The highest BCUT2D eigenvalue weighted by molar-refractivity contribution is 7.90. The van der Waals surface area contributed by atoms with Crippen molar-refractivity contribution in [3.05, 3.63) is 36.0 Å². The third-order valence-electron chi connectivity index (χ3n) is 6.21. The number of para-hydroxylation sites is 1. The summed E-state index contributed by atoms with van der Waals surface area (Å²) in [4.78, 5) is 29.4. The van der Waals surface area contributed by atoms with Crippen LogP contribution in [0.4, 0.5) is 4.79 Å². The van der Waals surface area contributed by atoms with Gasteiger partial charge in [-0.25, -0.2) is 17.2 Å². The van der Waals surface area contributed by atoms with Crippen LogP contribution in [0.25, 0.3) is 10.9 Å². The van der Waals surface area contributed by atoms with Crippen molar-refractivity contribution in [1.29, 1.82) is 0 Å². The van der Waals surface area contributed by atoms with Gasteiger partial charge in [0, 0.05) is 37.8 Å². The van der Waals surface area contributed by atoms with E-state index in [1.807, 2.05) is 12.1 Å². The quantitative estimate of drug-likeness (QED) is 0.526. The number of rotatable bonds is 8. The molecule has 1 saturated heterocycles. The standard InChI is InChI=1S/C25H35N3O7S/c1-25(2,3)35-24(30)26-11-12-34-22(17-26)23(29)27(19-9-10-19)15-18-16-28(36(31,32)14-13-33-4)21-8-6-5-7-20(18)21/h5-8,16,19,22H,9-15,17H2,1-4H3. The molecular formula is C25H35N3O7S. The Balaban J connectivity index is 1.56. The van der Waals surface area contributed by atoms with Crippen molar-refractivity contribution in [3.63, 3.8) is 0 Å². The fourth-order valence-electron chi connectivity index (χ4n) is 4.29. The summed E-state index contributed by atoms with van der Waals surface area (Å²) in [5.41, 5.74) is 0.677. The van der Waals surface area contributed by atoms with Crippen LogP contribution < -0.4 is 0 Å². The van der Waals surface area contributed by atoms with Gasteiger partial charge >= 0.3 is 6.09 Å². The zero-order valence-electron chi connectivity index (χ0n) is 21.3. The fraction of sp³-hybridized carbons (Fsp3) is 0.600. The Morgan fingerprint density at radius 2 is 1.92 bits per heavy atom. The lowest BCUT2D eigenvalue weighted by Gasteiger charge is -2.35. The molecular weight excluding hydrogens is 486 g/mol. The summed E-state index contributed by atoms with van der Waals surface area (Å²) in [6.45, 7) is 6.45. The Kier molecular flexibility index (Phi) is 7.63. The number of nitrogens with zero attached hydrogens (tertiary/aromatic N) is 3. The van der Waals surface area contributed by atoms with E-state index in [9.17, 15) is 18.0 Å². The van der Waals surface area contributed by atoms with E-state index in [4.69, 9.17) is 14.2 Å². The number of amides is 2. The van der Waals surface area contributed by atoms with E-state index < -0.39 is 27.8 Å². The maximum absolute atomic E-state index is 13.6. The number of hydrogen-bond donors (Lipinski definition) is 0. The molecule has 10 nitrogen and oxygen atoms in total. The van der Waals surface area contributed by atoms with Gasteiger partial charge in [0.15, 0.2) is 6.10 Å². The van der Waals surface area contributed by atoms with Crippen molar-refractivity contribution in [2.45, 2.75) is 57.9 Å². The number of morpholine rings is 1. The summed E-state index contributed by atoms with van der Waals surface area (Å²) in [5, 5.41) is 0.775. The maximum atomic E-state index is 13.6. The van der Waals surface area contributed by atoms with Gasteiger partial charge in [0.05, 0.1) is 31.0 Å². The topological polar surface area (TPSA) is 107 Å². The molecule has 11 heteroatoms. The summed E-state index contributed by atoms with van der Waals surface area (Å²) in [6, 6.07) is 7.33. The average Bonchev–Trinajstić information content (AvgIpc) is 3.60. The zero-order chi connectivity index (χ0) is 26.1. The molecule has 1 aromatic heterocycles. The predicted octanol–water partition coefficient (Wildman–Crippen LogP) is 2.59. The van der Waals surface area contributed by atoms with E-state index in [1.165, 1.54) is 16.0 Å². The van der Waals surface area contributed by atoms with E-state index in [-0.39, 0.29) is 44.0 Å². The van der Waals surface area contributed by atoms with Crippen LogP contribution in [0.1, 0.15) is 39.2 Å². The Morgan fingerprint density at radius 3 is 2.58 bits per heavy atom. The molecule has 2 amide bonds. The fourth-order valence-corrected chi connectivity index (χ4v) is 5.61. The normalized spacial score (nSPS) is 18.9. The Bertz CT molecular complexity index is 1210. The lowest BCUT2D eigenvalue weighted by atomic mass is 10.1.